The number of halogens is 1. The molecule has 1 aromatic heterocycles. The summed E-state index contributed by atoms with van der Waals surface area (Å²) in [6.45, 7) is 4.04. The van der Waals surface area contributed by atoms with E-state index in [0.717, 1.165) is 11.1 Å². The van der Waals surface area contributed by atoms with Gasteiger partial charge in [-0.3, -0.25) is 0 Å². The number of anilines is 1. The predicted octanol–water partition coefficient (Wildman–Crippen LogP) is 2.94. The Morgan fingerprint density at radius 3 is 2.71 bits per heavy atom. The SMILES string of the molecule is CNc1nc(-c2cccc(C)c2C)ncc1F. The molecule has 0 saturated carbocycles. The molecule has 2 rings (SSSR count). The summed E-state index contributed by atoms with van der Waals surface area (Å²) in [7, 11) is 1.64. The summed E-state index contributed by atoms with van der Waals surface area (Å²) in [4.78, 5) is 8.20. The van der Waals surface area contributed by atoms with Gasteiger partial charge in [0.25, 0.3) is 0 Å². The van der Waals surface area contributed by atoms with Crippen molar-refractivity contribution in [3.8, 4) is 11.4 Å². The lowest BCUT2D eigenvalue weighted by atomic mass is 10.0. The molecule has 0 saturated heterocycles. The van der Waals surface area contributed by atoms with Crippen molar-refractivity contribution >= 4 is 5.82 Å². The molecule has 1 aromatic carbocycles. The zero-order valence-corrected chi connectivity index (χ0v) is 10.1. The van der Waals surface area contributed by atoms with Crippen LogP contribution in [0.2, 0.25) is 0 Å². The highest BCUT2D eigenvalue weighted by Crippen LogP contribution is 2.23. The van der Waals surface area contributed by atoms with E-state index in [-0.39, 0.29) is 5.82 Å². The first-order valence-electron chi connectivity index (χ1n) is 5.40. The summed E-state index contributed by atoms with van der Waals surface area (Å²) < 4.78 is 13.3. The molecule has 0 amide bonds. The summed E-state index contributed by atoms with van der Waals surface area (Å²) in [5.74, 6) is 0.314. The standard InChI is InChI=1S/C13H14FN3/c1-8-5-4-6-10(9(8)2)12-16-7-11(14)13(15-3)17-12/h4-7H,1-3H3,(H,15,16,17). The van der Waals surface area contributed by atoms with Crippen molar-refractivity contribution in [3.05, 3.63) is 41.3 Å². The smallest absolute Gasteiger partial charge is 0.183 e. The molecule has 0 atom stereocenters. The van der Waals surface area contributed by atoms with Crippen LogP contribution in [0.1, 0.15) is 11.1 Å². The Morgan fingerprint density at radius 2 is 2.00 bits per heavy atom. The molecule has 4 heteroatoms. The van der Waals surface area contributed by atoms with Gasteiger partial charge < -0.3 is 5.32 Å². The van der Waals surface area contributed by atoms with E-state index < -0.39 is 5.82 Å². The van der Waals surface area contributed by atoms with Gasteiger partial charge in [-0.2, -0.15) is 0 Å². The largest absolute Gasteiger partial charge is 0.371 e. The molecule has 0 spiro atoms. The molecule has 1 heterocycles. The summed E-state index contributed by atoms with van der Waals surface area (Å²) in [5.41, 5.74) is 3.21. The van der Waals surface area contributed by atoms with E-state index >= 15 is 0 Å². The van der Waals surface area contributed by atoms with Crippen LogP contribution >= 0.6 is 0 Å². The van der Waals surface area contributed by atoms with Crippen LogP contribution < -0.4 is 5.32 Å². The number of nitrogens with zero attached hydrogens (tertiary/aromatic N) is 2. The van der Waals surface area contributed by atoms with E-state index in [4.69, 9.17) is 0 Å². The maximum absolute atomic E-state index is 13.3. The first-order chi connectivity index (χ1) is 8.13. The topological polar surface area (TPSA) is 37.8 Å². The summed E-state index contributed by atoms with van der Waals surface area (Å²) >= 11 is 0. The second-order valence-corrected chi connectivity index (χ2v) is 3.89. The van der Waals surface area contributed by atoms with E-state index in [1.165, 1.54) is 11.8 Å². The van der Waals surface area contributed by atoms with Gasteiger partial charge in [0.2, 0.25) is 0 Å². The zero-order chi connectivity index (χ0) is 12.4. The third-order valence-electron chi connectivity index (χ3n) is 2.83. The first-order valence-corrected chi connectivity index (χ1v) is 5.40. The lowest BCUT2D eigenvalue weighted by molar-refractivity contribution is 0.619. The van der Waals surface area contributed by atoms with E-state index in [1.54, 1.807) is 7.05 Å². The number of benzene rings is 1. The molecular formula is C13H14FN3. The van der Waals surface area contributed by atoms with Crippen LogP contribution in [-0.2, 0) is 0 Å². The second-order valence-electron chi connectivity index (χ2n) is 3.89. The lowest BCUT2D eigenvalue weighted by Gasteiger charge is -2.08. The Labute approximate surface area is 99.7 Å². The molecule has 0 bridgehead atoms. The minimum atomic E-state index is -0.443. The first kappa shape index (κ1) is 11.5. The van der Waals surface area contributed by atoms with Crippen molar-refractivity contribution in [2.45, 2.75) is 13.8 Å². The van der Waals surface area contributed by atoms with Gasteiger partial charge >= 0.3 is 0 Å². The molecule has 0 fully saturated rings. The van der Waals surface area contributed by atoms with Gasteiger partial charge in [0.05, 0.1) is 6.20 Å². The highest BCUT2D eigenvalue weighted by atomic mass is 19.1. The maximum Gasteiger partial charge on any atom is 0.183 e. The number of hydrogen-bond acceptors (Lipinski definition) is 3. The van der Waals surface area contributed by atoms with E-state index in [2.05, 4.69) is 15.3 Å². The Hall–Kier alpha value is -1.97. The van der Waals surface area contributed by atoms with Gasteiger partial charge in [0.1, 0.15) is 0 Å². The van der Waals surface area contributed by atoms with Crippen LogP contribution in [0.25, 0.3) is 11.4 Å². The van der Waals surface area contributed by atoms with Crippen molar-refractivity contribution in [1.29, 1.82) is 0 Å². The fourth-order valence-electron chi connectivity index (χ4n) is 1.67. The van der Waals surface area contributed by atoms with Crippen LogP contribution in [0, 0.1) is 19.7 Å². The van der Waals surface area contributed by atoms with E-state index in [9.17, 15) is 4.39 Å². The number of aryl methyl sites for hydroxylation is 1. The minimum absolute atomic E-state index is 0.218. The van der Waals surface area contributed by atoms with Gasteiger partial charge in [-0.15, -0.1) is 0 Å². The quantitative estimate of drug-likeness (QED) is 0.863. The average Bonchev–Trinajstić information content (AvgIpc) is 2.34. The van der Waals surface area contributed by atoms with Crippen molar-refractivity contribution in [3.63, 3.8) is 0 Å². The molecule has 17 heavy (non-hydrogen) atoms. The second kappa shape index (κ2) is 4.49. The van der Waals surface area contributed by atoms with Gasteiger partial charge in [-0.1, -0.05) is 18.2 Å². The molecule has 88 valence electrons. The van der Waals surface area contributed by atoms with Gasteiger partial charge in [0, 0.05) is 12.6 Å². The average molecular weight is 231 g/mol. The Balaban J connectivity index is 2.57. The molecule has 0 aliphatic rings. The third kappa shape index (κ3) is 2.11. The van der Waals surface area contributed by atoms with Gasteiger partial charge in [0.15, 0.2) is 17.5 Å². The third-order valence-corrected chi connectivity index (χ3v) is 2.83. The van der Waals surface area contributed by atoms with Crippen LogP contribution in [-0.4, -0.2) is 17.0 Å². The Bertz CT molecular complexity index is 552. The molecule has 0 aliphatic heterocycles. The van der Waals surface area contributed by atoms with Crippen molar-refractivity contribution in [2.75, 3.05) is 12.4 Å². The van der Waals surface area contributed by atoms with Crippen LogP contribution in [0.4, 0.5) is 10.2 Å². The van der Waals surface area contributed by atoms with Crippen molar-refractivity contribution in [1.82, 2.24) is 9.97 Å². The van der Waals surface area contributed by atoms with E-state index in [1.807, 2.05) is 32.0 Å². The Kier molecular flexibility index (Phi) is 3.04. The molecule has 3 nitrogen and oxygen atoms in total. The van der Waals surface area contributed by atoms with Gasteiger partial charge in [-0.05, 0) is 25.0 Å². The van der Waals surface area contributed by atoms with Crippen LogP contribution in [0.3, 0.4) is 0 Å². The molecule has 1 N–H and O–H groups in total. The highest BCUT2D eigenvalue weighted by molar-refractivity contribution is 5.63. The monoisotopic (exact) mass is 231 g/mol. The molecule has 2 aromatic rings. The van der Waals surface area contributed by atoms with Crippen molar-refractivity contribution < 1.29 is 4.39 Å². The molecule has 0 radical (unpaired) electrons. The van der Waals surface area contributed by atoms with Crippen LogP contribution in [0.5, 0.6) is 0 Å². The maximum atomic E-state index is 13.3. The summed E-state index contributed by atoms with van der Waals surface area (Å²) in [6.07, 6.45) is 1.19. The number of rotatable bonds is 2. The number of hydrogen-bond donors (Lipinski definition) is 1. The fraction of sp³-hybridized carbons (Fsp3) is 0.231. The van der Waals surface area contributed by atoms with Crippen LogP contribution in [0.15, 0.2) is 24.4 Å². The summed E-state index contributed by atoms with van der Waals surface area (Å²) in [5, 5.41) is 2.71. The number of nitrogens with one attached hydrogen (secondary N) is 1. The predicted molar refractivity (Wildman–Crippen MR) is 66.4 cm³/mol. The fourth-order valence-corrected chi connectivity index (χ4v) is 1.67. The highest BCUT2D eigenvalue weighted by Gasteiger charge is 2.09. The minimum Gasteiger partial charge on any atom is -0.371 e. The van der Waals surface area contributed by atoms with Gasteiger partial charge in [-0.25, -0.2) is 14.4 Å². The Morgan fingerprint density at radius 1 is 1.24 bits per heavy atom. The zero-order valence-electron chi connectivity index (χ0n) is 10.1. The van der Waals surface area contributed by atoms with Crippen molar-refractivity contribution in [2.24, 2.45) is 0 Å². The van der Waals surface area contributed by atoms with E-state index in [0.29, 0.717) is 5.82 Å². The normalized spacial score (nSPS) is 10.4. The molecular weight excluding hydrogens is 217 g/mol. The summed E-state index contributed by atoms with van der Waals surface area (Å²) in [6, 6.07) is 5.92. The number of aromatic nitrogens is 2. The molecule has 0 unspecified atom stereocenters. The molecule has 0 aliphatic carbocycles. The lowest BCUT2D eigenvalue weighted by Crippen LogP contribution is -2.01.